The van der Waals surface area contributed by atoms with Crippen LogP contribution in [-0.2, 0) is 9.53 Å². The molecular formula is C9H16BrNO3. The SMILES string of the molecule is CCC(C)(CNC(=O)OC)C(=O)CBr. The molecule has 0 aliphatic heterocycles. The van der Waals surface area contributed by atoms with Gasteiger partial charge >= 0.3 is 6.09 Å². The second kappa shape index (κ2) is 6.01. The van der Waals surface area contributed by atoms with Gasteiger partial charge in [-0.2, -0.15) is 0 Å². The van der Waals surface area contributed by atoms with Crippen molar-refractivity contribution in [3.05, 3.63) is 0 Å². The van der Waals surface area contributed by atoms with E-state index in [1.807, 2.05) is 13.8 Å². The fourth-order valence-corrected chi connectivity index (χ4v) is 1.60. The number of methoxy groups -OCH3 is 1. The molecule has 1 atom stereocenters. The topological polar surface area (TPSA) is 55.4 Å². The maximum atomic E-state index is 11.5. The lowest BCUT2D eigenvalue weighted by atomic mass is 9.83. The van der Waals surface area contributed by atoms with E-state index in [0.717, 1.165) is 0 Å². The third-order valence-corrected chi connectivity index (χ3v) is 2.89. The Balaban J connectivity index is 4.26. The summed E-state index contributed by atoms with van der Waals surface area (Å²) in [6, 6.07) is 0. The predicted octanol–water partition coefficient (Wildman–Crippen LogP) is 1.72. The number of alkyl halides is 1. The van der Waals surface area contributed by atoms with E-state index in [2.05, 4.69) is 26.0 Å². The molecule has 0 fully saturated rings. The van der Waals surface area contributed by atoms with Crippen LogP contribution in [0, 0.1) is 5.41 Å². The molecule has 82 valence electrons. The van der Waals surface area contributed by atoms with E-state index in [1.165, 1.54) is 7.11 Å². The highest BCUT2D eigenvalue weighted by Crippen LogP contribution is 2.22. The monoisotopic (exact) mass is 265 g/mol. The molecule has 0 aromatic heterocycles. The van der Waals surface area contributed by atoms with Crippen molar-refractivity contribution in [3.63, 3.8) is 0 Å². The number of hydrogen-bond acceptors (Lipinski definition) is 3. The number of hydrogen-bond donors (Lipinski definition) is 1. The molecule has 4 nitrogen and oxygen atoms in total. The van der Waals surface area contributed by atoms with Gasteiger partial charge in [0.25, 0.3) is 0 Å². The molecule has 0 rings (SSSR count). The van der Waals surface area contributed by atoms with E-state index >= 15 is 0 Å². The quantitative estimate of drug-likeness (QED) is 0.771. The van der Waals surface area contributed by atoms with Gasteiger partial charge in [-0.1, -0.05) is 29.8 Å². The molecule has 0 aliphatic rings. The van der Waals surface area contributed by atoms with Crippen molar-refractivity contribution >= 4 is 27.8 Å². The second-order valence-electron chi connectivity index (χ2n) is 3.32. The number of ether oxygens (including phenoxy) is 1. The molecule has 0 radical (unpaired) electrons. The number of carbonyl (C=O) groups is 2. The maximum absolute atomic E-state index is 11.5. The van der Waals surface area contributed by atoms with Gasteiger partial charge in [0.05, 0.1) is 12.4 Å². The minimum atomic E-state index is -0.516. The van der Waals surface area contributed by atoms with Gasteiger partial charge in [0.2, 0.25) is 0 Å². The predicted molar refractivity (Wildman–Crippen MR) is 57.6 cm³/mol. The molecule has 1 unspecified atom stereocenters. The minimum absolute atomic E-state index is 0.0800. The fraction of sp³-hybridized carbons (Fsp3) is 0.778. The van der Waals surface area contributed by atoms with Crippen LogP contribution in [-0.4, -0.2) is 30.9 Å². The van der Waals surface area contributed by atoms with Crippen molar-refractivity contribution in [2.24, 2.45) is 5.41 Å². The zero-order valence-corrected chi connectivity index (χ0v) is 10.3. The standard InChI is InChI=1S/C9H16BrNO3/c1-4-9(2,7(12)5-10)6-11-8(13)14-3/h4-6H2,1-3H3,(H,11,13). The van der Waals surface area contributed by atoms with Crippen LogP contribution in [0.1, 0.15) is 20.3 Å². The van der Waals surface area contributed by atoms with Gasteiger partial charge in [-0.25, -0.2) is 4.79 Å². The van der Waals surface area contributed by atoms with Gasteiger partial charge < -0.3 is 10.1 Å². The first-order valence-corrected chi connectivity index (χ1v) is 5.53. The Morgan fingerprint density at radius 2 is 2.07 bits per heavy atom. The highest BCUT2D eigenvalue weighted by molar-refractivity contribution is 9.09. The molecule has 0 bridgehead atoms. The van der Waals surface area contributed by atoms with Gasteiger partial charge in [0.1, 0.15) is 0 Å². The minimum Gasteiger partial charge on any atom is -0.453 e. The third-order valence-electron chi connectivity index (χ3n) is 2.38. The molecule has 0 spiro atoms. The molecule has 5 heteroatoms. The van der Waals surface area contributed by atoms with Gasteiger partial charge in [-0.15, -0.1) is 0 Å². The Labute approximate surface area is 92.5 Å². The lowest BCUT2D eigenvalue weighted by molar-refractivity contribution is -0.125. The van der Waals surface area contributed by atoms with Crippen LogP contribution in [0.15, 0.2) is 0 Å². The number of carbonyl (C=O) groups excluding carboxylic acids is 2. The van der Waals surface area contributed by atoms with E-state index in [4.69, 9.17) is 0 Å². The van der Waals surface area contributed by atoms with E-state index in [1.54, 1.807) is 0 Å². The zero-order valence-electron chi connectivity index (χ0n) is 8.72. The maximum Gasteiger partial charge on any atom is 0.406 e. The summed E-state index contributed by atoms with van der Waals surface area (Å²) in [6.45, 7) is 4.05. The first-order chi connectivity index (χ1) is 6.50. The summed E-state index contributed by atoms with van der Waals surface area (Å²) >= 11 is 3.12. The number of rotatable bonds is 5. The van der Waals surface area contributed by atoms with Crippen LogP contribution in [0.3, 0.4) is 0 Å². The molecule has 0 aromatic rings. The number of ketones is 1. The smallest absolute Gasteiger partial charge is 0.406 e. The van der Waals surface area contributed by atoms with Gasteiger partial charge in [0, 0.05) is 12.0 Å². The summed E-state index contributed by atoms with van der Waals surface area (Å²) in [5.41, 5.74) is -0.516. The Morgan fingerprint density at radius 1 is 1.50 bits per heavy atom. The largest absolute Gasteiger partial charge is 0.453 e. The lowest BCUT2D eigenvalue weighted by Crippen LogP contribution is -2.41. The zero-order chi connectivity index (χ0) is 11.2. The molecular weight excluding hydrogens is 250 g/mol. The van der Waals surface area contributed by atoms with Gasteiger partial charge in [-0.3, -0.25) is 4.79 Å². The van der Waals surface area contributed by atoms with Crippen molar-refractivity contribution in [1.29, 1.82) is 0 Å². The lowest BCUT2D eigenvalue weighted by Gasteiger charge is -2.25. The van der Waals surface area contributed by atoms with Crippen LogP contribution < -0.4 is 5.32 Å². The molecule has 0 aliphatic carbocycles. The third kappa shape index (κ3) is 3.65. The second-order valence-corrected chi connectivity index (χ2v) is 3.88. The molecule has 0 saturated heterocycles. The Kier molecular flexibility index (Phi) is 5.76. The van der Waals surface area contributed by atoms with Crippen LogP contribution in [0.25, 0.3) is 0 Å². The van der Waals surface area contributed by atoms with E-state index in [0.29, 0.717) is 18.3 Å². The van der Waals surface area contributed by atoms with Crippen molar-refractivity contribution in [2.45, 2.75) is 20.3 Å². The highest BCUT2D eigenvalue weighted by atomic mass is 79.9. The summed E-state index contributed by atoms with van der Waals surface area (Å²) in [4.78, 5) is 22.4. The summed E-state index contributed by atoms with van der Waals surface area (Å²) in [7, 11) is 1.30. The molecule has 0 aromatic carbocycles. The van der Waals surface area contributed by atoms with Crippen LogP contribution in [0.4, 0.5) is 4.79 Å². The van der Waals surface area contributed by atoms with Crippen molar-refractivity contribution in [2.75, 3.05) is 19.0 Å². The Hall–Kier alpha value is -0.580. The average molecular weight is 266 g/mol. The van der Waals surface area contributed by atoms with Crippen molar-refractivity contribution in [3.8, 4) is 0 Å². The Bertz CT molecular complexity index is 220. The van der Waals surface area contributed by atoms with Crippen LogP contribution in [0.5, 0.6) is 0 Å². The summed E-state index contributed by atoms with van der Waals surface area (Å²) in [5.74, 6) is 0.0800. The summed E-state index contributed by atoms with van der Waals surface area (Å²) < 4.78 is 4.43. The number of Topliss-reactive ketones (excluding diaryl/α,β-unsaturated/α-hetero) is 1. The van der Waals surface area contributed by atoms with E-state index in [-0.39, 0.29) is 5.78 Å². The molecule has 14 heavy (non-hydrogen) atoms. The normalized spacial score (nSPS) is 14.3. The Morgan fingerprint density at radius 3 is 2.43 bits per heavy atom. The molecule has 1 amide bonds. The number of nitrogens with one attached hydrogen (secondary N) is 1. The highest BCUT2D eigenvalue weighted by Gasteiger charge is 2.30. The van der Waals surface area contributed by atoms with E-state index in [9.17, 15) is 9.59 Å². The first kappa shape index (κ1) is 13.4. The van der Waals surface area contributed by atoms with E-state index < -0.39 is 11.5 Å². The fourth-order valence-electron chi connectivity index (χ4n) is 0.921. The molecule has 0 heterocycles. The first-order valence-electron chi connectivity index (χ1n) is 4.41. The van der Waals surface area contributed by atoms with Crippen LogP contribution in [0.2, 0.25) is 0 Å². The van der Waals surface area contributed by atoms with Crippen molar-refractivity contribution in [1.82, 2.24) is 5.32 Å². The summed E-state index contributed by atoms with van der Waals surface area (Å²) in [5, 5.41) is 2.84. The number of halogens is 1. The van der Waals surface area contributed by atoms with Crippen molar-refractivity contribution < 1.29 is 14.3 Å². The molecule has 0 saturated carbocycles. The van der Waals surface area contributed by atoms with Crippen LogP contribution >= 0.6 is 15.9 Å². The number of alkyl carbamates (subject to hydrolysis) is 1. The van der Waals surface area contributed by atoms with Gasteiger partial charge in [0.15, 0.2) is 5.78 Å². The molecule has 1 N–H and O–H groups in total. The van der Waals surface area contributed by atoms with Gasteiger partial charge in [-0.05, 0) is 6.42 Å². The summed E-state index contributed by atoms with van der Waals surface area (Å²) in [6.07, 6.45) is 0.175. The average Bonchev–Trinajstić information content (AvgIpc) is 2.23. The number of amides is 1.